The number of nitrogens with zero attached hydrogens (tertiary/aromatic N) is 3. The summed E-state index contributed by atoms with van der Waals surface area (Å²) in [5.41, 5.74) is 5.24. The van der Waals surface area contributed by atoms with E-state index in [1.807, 2.05) is 49.4 Å². The molecule has 2 aromatic heterocycles. The van der Waals surface area contributed by atoms with Crippen LogP contribution in [-0.2, 0) is 0 Å². The molecule has 30 heavy (non-hydrogen) atoms. The normalized spacial score (nSPS) is 10.7. The number of anilines is 2. The first-order valence-corrected chi connectivity index (χ1v) is 9.59. The fraction of sp³-hybridized carbons (Fsp3) is 0.136. The molecule has 0 spiro atoms. The van der Waals surface area contributed by atoms with Gasteiger partial charge in [0.05, 0.1) is 31.8 Å². The molecule has 0 atom stereocenters. The molecule has 0 aliphatic rings. The molecule has 0 amide bonds. The standard InChI is InChI=1S/C22H20ClN5O2/c1-13-10-14(4-6-17(13)23)21-16(12-25-28-21)18-8-9-24-22(27-18)26-15-5-7-19(29-2)20(11-15)30-3/h4-12H,1-3H3,(H,25,28)(H,24,26,27). The van der Waals surface area contributed by atoms with Gasteiger partial charge in [-0.2, -0.15) is 5.10 Å². The molecule has 2 N–H and O–H groups in total. The molecule has 2 heterocycles. The van der Waals surface area contributed by atoms with Gasteiger partial charge in [-0.25, -0.2) is 9.97 Å². The molecule has 0 bridgehead atoms. The predicted octanol–water partition coefficient (Wildman–Crippen LogP) is 5.26. The summed E-state index contributed by atoms with van der Waals surface area (Å²) in [6.07, 6.45) is 3.46. The highest BCUT2D eigenvalue weighted by Gasteiger charge is 2.13. The number of benzene rings is 2. The minimum atomic E-state index is 0.458. The van der Waals surface area contributed by atoms with Gasteiger partial charge in [0.2, 0.25) is 5.95 Å². The second-order valence-corrected chi connectivity index (χ2v) is 6.99. The largest absolute Gasteiger partial charge is 0.493 e. The molecule has 0 fully saturated rings. The summed E-state index contributed by atoms with van der Waals surface area (Å²) in [5.74, 6) is 1.73. The van der Waals surface area contributed by atoms with Crippen LogP contribution in [0.5, 0.6) is 11.5 Å². The van der Waals surface area contributed by atoms with Crippen molar-refractivity contribution in [2.24, 2.45) is 0 Å². The molecule has 0 saturated carbocycles. The van der Waals surface area contributed by atoms with Crippen molar-refractivity contribution in [3.63, 3.8) is 0 Å². The van der Waals surface area contributed by atoms with E-state index in [0.29, 0.717) is 17.4 Å². The Morgan fingerprint density at radius 3 is 2.60 bits per heavy atom. The molecule has 0 aliphatic heterocycles. The number of aromatic nitrogens is 4. The summed E-state index contributed by atoms with van der Waals surface area (Å²) in [6, 6.07) is 13.2. The number of methoxy groups -OCH3 is 2. The Morgan fingerprint density at radius 1 is 1.00 bits per heavy atom. The second kappa shape index (κ2) is 8.42. The number of hydrogen-bond donors (Lipinski definition) is 2. The number of hydrogen-bond acceptors (Lipinski definition) is 6. The van der Waals surface area contributed by atoms with Gasteiger partial charge in [-0.05, 0) is 42.8 Å². The van der Waals surface area contributed by atoms with Gasteiger partial charge in [-0.15, -0.1) is 0 Å². The zero-order valence-corrected chi connectivity index (χ0v) is 17.5. The van der Waals surface area contributed by atoms with E-state index in [4.69, 9.17) is 21.1 Å². The fourth-order valence-electron chi connectivity index (χ4n) is 3.11. The third kappa shape index (κ3) is 3.92. The topological polar surface area (TPSA) is 85.0 Å². The number of nitrogens with one attached hydrogen (secondary N) is 2. The lowest BCUT2D eigenvalue weighted by molar-refractivity contribution is 0.355. The Hall–Kier alpha value is -3.58. The summed E-state index contributed by atoms with van der Waals surface area (Å²) < 4.78 is 10.6. The van der Waals surface area contributed by atoms with Crippen LogP contribution in [0.4, 0.5) is 11.6 Å². The highest BCUT2D eigenvalue weighted by Crippen LogP contribution is 2.33. The lowest BCUT2D eigenvalue weighted by atomic mass is 10.0. The zero-order chi connectivity index (χ0) is 21.1. The van der Waals surface area contributed by atoms with Crippen LogP contribution in [-0.4, -0.2) is 34.4 Å². The van der Waals surface area contributed by atoms with Crippen molar-refractivity contribution in [1.29, 1.82) is 0 Å². The number of halogens is 1. The summed E-state index contributed by atoms with van der Waals surface area (Å²) in [5, 5.41) is 11.2. The van der Waals surface area contributed by atoms with Gasteiger partial charge in [-0.1, -0.05) is 17.7 Å². The van der Waals surface area contributed by atoms with E-state index < -0.39 is 0 Å². The lowest BCUT2D eigenvalue weighted by Crippen LogP contribution is -1.99. The van der Waals surface area contributed by atoms with Crippen molar-refractivity contribution in [3.8, 4) is 34.0 Å². The average molecular weight is 422 g/mol. The Labute approximate surface area is 179 Å². The molecular formula is C22H20ClN5O2. The van der Waals surface area contributed by atoms with Crippen molar-refractivity contribution in [2.75, 3.05) is 19.5 Å². The van der Waals surface area contributed by atoms with Gasteiger partial charge in [0.25, 0.3) is 0 Å². The predicted molar refractivity (Wildman–Crippen MR) is 118 cm³/mol. The molecule has 4 rings (SSSR count). The minimum absolute atomic E-state index is 0.458. The smallest absolute Gasteiger partial charge is 0.227 e. The molecule has 4 aromatic rings. The van der Waals surface area contributed by atoms with E-state index in [2.05, 4.69) is 25.5 Å². The van der Waals surface area contributed by atoms with Crippen LogP contribution in [0.25, 0.3) is 22.5 Å². The summed E-state index contributed by atoms with van der Waals surface area (Å²) in [4.78, 5) is 8.98. The first kappa shape index (κ1) is 19.7. The number of aromatic amines is 1. The maximum atomic E-state index is 6.17. The number of H-pyrrole nitrogens is 1. The number of aryl methyl sites for hydroxylation is 1. The Kier molecular flexibility index (Phi) is 5.54. The second-order valence-electron chi connectivity index (χ2n) is 6.58. The Bertz CT molecular complexity index is 1190. The first-order chi connectivity index (χ1) is 14.6. The third-order valence-electron chi connectivity index (χ3n) is 4.66. The Morgan fingerprint density at radius 2 is 1.83 bits per heavy atom. The van der Waals surface area contributed by atoms with Gasteiger partial charge in [0.15, 0.2) is 11.5 Å². The Balaban J connectivity index is 1.65. The molecule has 2 aromatic carbocycles. The quantitative estimate of drug-likeness (QED) is 0.442. The van der Waals surface area contributed by atoms with Crippen molar-refractivity contribution >= 4 is 23.2 Å². The number of rotatable bonds is 6. The summed E-state index contributed by atoms with van der Waals surface area (Å²) in [6.45, 7) is 1.97. The summed E-state index contributed by atoms with van der Waals surface area (Å²) in [7, 11) is 3.19. The number of ether oxygens (including phenoxy) is 2. The van der Waals surface area contributed by atoms with Crippen molar-refractivity contribution < 1.29 is 9.47 Å². The molecule has 0 radical (unpaired) electrons. The molecule has 0 unspecified atom stereocenters. The van der Waals surface area contributed by atoms with Crippen molar-refractivity contribution in [1.82, 2.24) is 20.2 Å². The molecule has 0 aliphatic carbocycles. The molecule has 0 saturated heterocycles. The van der Waals surface area contributed by atoms with Crippen LogP contribution in [0.3, 0.4) is 0 Å². The highest BCUT2D eigenvalue weighted by molar-refractivity contribution is 6.31. The van der Waals surface area contributed by atoms with Gasteiger partial charge in [-0.3, -0.25) is 5.10 Å². The van der Waals surface area contributed by atoms with E-state index in [0.717, 1.165) is 38.8 Å². The summed E-state index contributed by atoms with van der Waals surface area (Å²) >= 11 is 6.17. The van der Waals surface area contributed by atoms with Gasteiger partial charge in [0.1, 0.15) is 0 Å². The molecule has 8 heteroatoms. The van der Waals surface area contributed by atoms with Crippen LogP contribution in [0.2, 0.25) is 5.02 Å². The third-order valence-corrected chi connectivity index (χ3v) is 5.08. The monoisotopic (exact) mass is 421 g/mol. The van der Waals surface area contributed by atoms with Gasteiger partial charge in [0, 0.05) is 34.1 Å². The van der Waals surface area contributed by atoms with E-state index in [9.17, 15) is 0 Å². The van der Waals surface area contributed by atoms with E-state index >= 15 is 0 Å². The van der Waals surface area contributed by atoms with Crippen molar-refractivity contribution in [2.45, 2.75) is 6.92 Å². The lowest BCUT2D eigenvalue weighted by Gasteiger charge is -2.11. The van der Waals surface area contributed by atoms with E-state index in [-0.39, 0.29) is 0 Å². The van der Waals surface area contributed by atoms with Crippen LogP contribution < -0.4 is 14.8 Å². The van der Waals surface area contributed by atoms with Gasteiger partial charge < -0.3 is 14.8 Å². The molecule has 7 nitrogen and oxygen atoms in total. The highest BCUT2D eigenvalue weighted by atomic mass is 35.5. The van der Waals surface area contributed by atoms with E-state index in [1.54, 1.807) is 26.6 Å². The van der Waals surface area contributed by atoms with Crippen LogP contribution in [0.1, 0.15) is 5.56 Å². The SMILES string of the molecule is COc1ccc(Nc2nccc(-c3cn[nH]c3-c3ccc(Cl)c(C)c3)n2)cc1OC. The zero-order valence-electron chi connectivity index (χ0n) is 16.7. The van der Waals surface area contributed by atoms with Crippen LogP contribution in [0, 0.1) is 6.92 Å². The van der Waals surface area contributed by atoms with E-state index in [1.165, 1.54) is 0 Å². The average Bonchev–Trinajstić information content (AvgIpc) is 3.26. The molecular weight excluding hydrogens is 402 g/mol. The van der Waals surface area contributed by atoms with Crippen molar-refractivity contribution in [3.05, 3.63) is 65.4 Å². The maximum Gasteiger partial charge on any atom is 0.227 e. The first-order valence-electron chi connectivity index (χ1n) is 9.21. The van der Waals surface area contributed by atoms with Crippen LogP contribution in [0.15, 0.2) is 54.9 Å². The minimum Gasteiger partial charge on any atom is -0.493 e. The van der Waals surface area contributed by atoms with Crippen LogP contribution >= 0.6 is 11.6 Å². The maximum absolute atomic E-state index is 6.17. The molecule has 152 valence electrons. The van der Waals surface area contributed by atoms with Gasteiger partial charge >= 0.3 is 0 Å². The fourth-order valence-corrected chi connectivity index (χ4v) is 3.23.